The molecule has 14 heavy (non-hydrogen) atoms. The second kappa shape index (κ2) is 7.17. The maximum absolute atomic E-state index is 8.88. The highest BCUT2D eigenvalue weighted by molar-refractivity contribution is 4.35. The van der Waals surface area contributed by atoms with E-state index in [0.29, 0.717) is 6.61 Å². The summed E-state index contributed by atoms with van der Waals surface area (Å²) in [4.78, 5) is 5.61. The lowest BCUT2D eigenvalue weighted by atomic mass is 10.3. The first-order valence-electron chi connectivity index (χ1n) is 5.39. The van der Waals surface area contributed by atoms with Crippen LogP contribution in [0.2, 0.25) is 0 Å². The second-order valence-electron chi connectivity index (χ2n) is 3.82. The van der Waals surface area contributed by atoms with Crippen LogP contribution in [0.3, 0.4) is 0 Å². The van der Waals surface area contributed by atoms with Gasteiger partial charge in [0.1, 0.15) is 13.2 Å². The van der Waals surface area contributed by atoms with Gasteiger partial charge in [-0.1, -0.05) is 19.8 Å². The molecule has 0 fully saturated rings. The smallest absolute Gasteiger partial charge is 0.205 e. The van der Waals surface area contributed by atoms with E-state index in [4.69, 9.17) is 15.1 Å². The number of likely N-dealkylation sites (N-methyl/N-ethyl adjacent to an activating group) is 1. The van der Waals surface area contributed by atoms with Gasteiger partial charge in [-0.15, -0.1) is 0 Å². The molecule has 0 saturated carbocycles. The van der Waals surface area contributed by atoms with Crippen molar-refractivity contribution >= 4 is 0 Å². The van der Waals surface area contributed by atoms with Crippen LogP contribution < -0.4 is 0 Å². The Morgan fingerprint density at radius 1 is 1.21 bits per heavy atom. The molecule has 0 rings (SSSR count). The van der Waals surface area contributed by atoms with Gasteiger partial charge in [0.05, 0.1) is 7.05 Å². The summed E-state index contributed by atoms with van der Waals surface area (Å²) in [6.07, 6.45) is 2.06. The van der Waals surface area contributed by atoms with E-state index >= 15 is 0 Å². The molecule has 0 aliphatic rings. The van der Waals surface area contributed by atoms with Crippen LogP contribution in [0.1, 0.15) is 33.1 Å². The van der Waals surface area contributed by atoms with Crippen molar-refractivity contribution in [3.8, 4) is 0 Å². The minimum Gasteiger partial charge on any atom is -0.364 e. The van der Waals surface area contributed by atoms with Gasteiger partial charge in [-0.05, 0) is 13.3 Å². The molecule has 86 valence electrons. The maximum Gasteiger partial charge on any atom is 0.205 e. The molecule has 0 spiro atoms. The number of hydroxylamine groups is 3. The standard InChI is InChI=1S/C10H24NO3/c1-4-6-7-8-14-11(3,5-2)9-10(12)13/h10,12-13H,4-9H2,1-3H3/q+1. The van der Waals surface area contributed by atoms with Gasteiger partial charge < -0.3 is 10.2 Å². The van der Waals surface area contributed by atoms with Gasteiger partial charge in [0.2, 0.25) is 6.29 Å². The first-order chi connectivity index (χ1) is 6.54. The molecule has 0 saturated heterocycles. The van der Waals surface area contributed by atoms with E-state index in [1.54, 1.807) is 0 Å². The van der Waals surface area contributed by atoms with Gasteiger partial charge in [0.25, 0.3) is 0 Å². The van der Waals surface area contributed by atoms with E-state index < -0.39 is 6.29 Å². The van der Waals surface area contributed by atoms with Crippen molar-refractivity contribution in [1.29, 1.82) is 0 Å². The first-order valence-corrected chi connectivity index (χ1v) is 5.39. The summed E-state index contributed by atoms with van der Waals surface area (Å²) in [7, 11) is 1.87. The van der Waals surface area contributed by atoms with Crippen molar-refractivity contribution < 1.29 is 19.7 Å². The van der Waals surface area contributed by atoms with Gasteiger partial charge in [0.15, 0.2) is 6.54 Å². The second-order valence-corrected chi connectivity index (χ2v) is 3.82. The molecule has 4 nitrogen and oxygen atoms in total. The largest absolute Gasteiger partial charge is 0.364 e. The molecular formula is C10H24NO3+. The average molecular weight is 206 g/mol. The highest BCUT2D eigenvalue weighted by Gasteiger charge is 2.24. The normalized spacial score (nSPS) is 15.9. The molecule has 0 aliphatic heterocycles. The number of unbranched alkanes of at least 4 members (excludes halogenated alkanes) is 2. The molecule has 0 heterocycles. The lowest BCUT2D eigenvalue weighted by Gasteiger charge is -2.30. The molecule has 0 amide bonds. The summed E-state index contributed by atoms with van der Waals surface area (Å²) in [5.41, 5.74) is 0. The van der Waals surface area contributed by atoms with Crippen molar-refractivity contribution in [2.75, 3.05) is 26.7 Å². The number of aliphatic hydroxyl groups excluding tert-OH is 1. The molecule has 0 aliphatic carbocycles. The molecule has 2 N–H and O–H groups in total. The number of quaternary nitrogens is 1. The third kappa shape index (κ3) is 6.32. The SMILES string of the molecule is CCCCCO[N+](C)(CC)CC(O)O. The zero-order valence-corrected chi connectivity index (χ0v) is 9.57. The van der Waals surface area contributed by atoms with Crippen LogP contribution in [0.25, 0.3) is 0 Å². The topological polar surface area (TPSA) is 49.7 Å². The summed E-state index contributed by atoms with van der Waals surface area (Å²) in [6.45, 7) is 5.77. The van der Waals surface area contributed by atoms with Crippen molar-refractivity contribution in [1.82, 2.24) is 0 Å². The van der Waals surface area contributed by atoms with E-state index in [1.807, 2.05) is 14.0 Å². The first kappa shape index (κ1) is 13.8. The third-order valence-corrected chi connectivity index (χ3v) is 2.37. The van der Waals surface area contributed by atoms with Crippen LogP contribution in [-0.2, 0) is 4.84 Å². The molecule has 0 aromatic heterocycles. The Labute approximate surface area is 86.6 Å². The molecule has 0 bridgehead atoms. The van der Waals surface area contributed by atoms with Crippen molar-refractivity contribution in [2.24, 2.45) is 0 Å². The van der Waals surface area contributed by atoms with Crippen LogP contribution in [0.15, 0.2) is 0 Å². The van der Waals surface area contributed by atoms with Crippen LogP contribution in [-0.4, -0.2) is 47.9 Å². The lowest BCUT2D eigenvalue weighted by molar-refractivity contribution is -1.09. The van der Waals surface area contributed by atoms with Crippen LogP contribution >= 0.6 is 0 Å². The Bertz CT molecular complexity index is 141. The Hall–Kier alpha value is -0.160. The fourth-order valence-electron chi connectivity index (χ4n) is 1.26. The van der Waals surface area contributed by atoms with Gasteiger partial charge in [-0.3, -0.25) is 0 Å². The predicted molar refractivity (Wildman–Crippen MR) is 55.3 cm³/mol. The van der Waals surface area contributed by atoms with Crippen LogP contribution in [0, 0.1) is 0 Å². The predicted octanol–water partition coefficient (Wildman–Crippen LogP) is 0.885. The highest BCUT2D eigenvalue weighted by atomic mass is 16.7. The van der Waals surface area contributed by atoms with E-state index in [0.717, 1.165) is 19.4 Å². The summed E-state index contributed by atoms with van der Waals surface area (Å²) in [5.74, 6) is 0. The number of rotatable bonds is 8. The lowest BCUT2D eigenvalue weighted by Crippen LogP contribution is -2.48. The minimum atomic E-state index is -1.30. The minimum absolute atomic E-state index is 0.225. The van der Waals surface area contributed by atoms with Gasteiger partial charge in [-0.2, -0.15) is 4.65 Å². The number of nitrogens with zero attached hydrogens (tertiary/aromatic N) is 1. The van der Waals surface area contributed by atoms with Crippen molar-refractivity contribution in [2.45, 2.75) is 39.4 Å². The van der Waals surface area contributed by atoms with Gasteiger partial charge in [0, 0.05) is 0 Å². The number of aliphatic hydroxyl groups is 2. The zero-order chi connectivity index (χ0) is 11.0. The fourth-order valence-corrected chi connectivity index (χ4v) is 1.26. The Morgan fingerprint density at radius 3 is 2.29 bits per heavy atom. The number of hydrogen-bond donors (Lipinski definition) is 2. The Morgan fingerprint density at radius 2 is 1.86 bits per heavy atom. The molecule has 1 unspecified atom stereocenters. The highest BCUT2D eigenvalue weighted by Crippen LogP contribution is 2.06. The summed E-state index contributed by atoms with van der Waals surface area (Å²) in [6, 6.07) is 0. The Kier molecular flexibility index (Phi) is 7.09. The molecule has 0 aromatic carbocycles. The van der Waals surface area contributed by atoms with E-state index in [9.17, 15) is 0 Å². The van der Waals surface area contributed by atoms with E-state index in [-0.39, 0.29) is 11.2 Å². The van der Waals surface area contributed by atoms with Crippen molar-refractivity contribution in [3.05, 3.63) is 0 Å². The molecular weight excluding hydrogens is 182 g/mol. The van der Waals surface area contributed by atoms with Gasteiger partial charge in [-0.25, -0.2) is 4.84 Å². The Balaban J connectivity index is 3.75. The monoisotopic (exact) mass is 206 g/mol. The van der Waals surface area contributed by atoms with E-state index in [1.165, 1.54) is 6.42 Å². The zero-order valence-electron chi connectivity index (χ0n) is 9.57. The quantitative estimate of drug-likeness (QED) is 0.268. The molecule has 1 atom stereocenters. The fraction of sp³-hybridized carbons (Fsp3) is 1.00. The summed E-state index contributed by atoms with van der Waals surface area (Å²) in [5, 5.41) is 17.8. The molecule has 4 heteroatoms. The third-order valence-electron chi connectivity index (χ3n) is 2.37. The van der Waals surface area contributed by atoms with Gasteiger partial charge >= 0.3 is 0 Å². The van der Waals surface area contributed by atoms with Crippen molar-refractivity contribution in [3.63, 3.8) is 0 Å². The van der Waals surface area contributed by atoms with Crippen LogP contribution in [0.4, 0.5) is 0 Å². The molecule has 0 aromatic rings. The van der Waals surface area contributed by atoms with Crippen LogP contribution in [0.5, 0.6) is 0 Å². The van der Waals surface area contributed by atoms with E-state index in [2.05, 4.69) is 6.92 Å². The number of hydrogen-bond acceptors (Lipinski definition) is 3. The maximum atomic E-state index is 8.88. The summed E-state index contributed by atoms with van der Waals surface area (Å²) < 4.78 is 0.265. The average Bonchev–Trinajstić information content (AvgIpc) is 2.11. The summed E-state index contributed by atoms with van der Waals surface area (Å²) >= 11 is 0. The molecule has 0 radical (unpaired) electrons.